The fourth-order valence-corrected chi connectivity index (χ4v) is 2.19. The molecule has 1 amide bonds. The van der Waals surface area contributed by atoms with Crippen molar-refractivity contribution in [3.63, 3.8) is 0 Å². The highest BCUT2D eigenvalue weighted by Crippen LogP contribution is 2.24. The maximum Gasteiger partial charge on any atom is 0.233 e. The lowest BCUT2D eigenvalue weighted by Gasteiger charge is -2.28. The highest BCUT2D eigenvalue weighted by atomic mass is 32.1. The van der Waals surface area contributed by atoms with Crippen LogP contribution < -0.4 is 11.1 Å². The lowest BCUT2D eigenvalue weighted by atomic mass is 9.86. The molecule has 0 spiro atoms. The lowest BCUT2D eigenvalue weighted by Crippen LogP contribution is -2.47. The van der Waals surface area contributed by atoms with Gasteiger partial charge in [-0.1, -0.05) is 43.4 Å². The van der Waals surface area contributed by atoms with Crippen molar-refractivity contribution in [2.24, 2.45) is 11.1 Å². The monoisotopic (exact) mass is 278 g/mol. The summed E-state index contributed by atoms with van der Waals surface area (Å²) in [6, 6.07) is 7.94. The van der Waals surface area contributed by atoms with E-state index in [0.717, 1.165) is 11.1 Å². The Labute approximate surface area is 120 Å². The molecule has 1 aromatic rings. The Morgan fingerprint density at radius 1 is 1.47 bits per heavy atom. The second kappa shape index (κ2) is 6.15. The van der Waals surface area contributed by atoms with Gasteiger partial charge in [0, 0.05) is 0 Å². The number of thiocarbonyl (C=S) groups is 1. The molecule has 4 heteroatoms. The number of benzene rings is 1. The minimum Gasteiger partial charge on any atom is -0.392 e. The zero-order valence-electron chi connectivity index (χ0n) is 12.0. The average molecular weight is 278 g/mol. The second-order valence-corrected chi connectivity index (χ2v) is 5.54. The predicted octanol–water partition coefficient (Wildman–Crippen LogP) is 2.87. The molecular formula is C15H22N2OS. The fourth-order valence-electron chi connectivity index (χ4n) is 1.95. The Balaban J connectivity index is 2.88. The maximum atomic E-state index is 12.4. The van der Waals surface area contributed by atoms with E-state index in [-0.39, 0.29) is 16.9 Å². The van der Waals surface area contributed by atoms with Gasteiger partial charge in [0.15, 0.2) is 0 Å². The van der Waals surface area contributed by atoms with Crippen molar-refractivity contribution in [1.82, 2.24) is 5.32 Å². The molecule has 2 atom stereocenters. The summed E-state index contributed by atoms with van der Waals surface area (Å²) in [4.78, 5) is 12.6. The summed E-state index contributed by atoms with van der Waals surface area (Å²) in [6.07, 6.45) is 0.592. The molecule has 1 rings (SSSR count). The molecule has 0 bridgehead atoms. The molecule has 0 aliphatic carbocycles. The van der Waals surface area contributed by atoms with Gasteiger partial charge in [0.25, 0.3) is 0 Å². The van der Waals surface area contributed by atoms with Crippen LogP contribution in [0, 0.1) is 12.3 Å². The van der Waals surface area contributed by atoms with Gasteiger partial charge in [0.05, 0.1) is 16.4 Å². The number of carbonyl (C=O) groups excluding carboxylic acids is 1. The Bertz CT molecular complexity index is 487. The van der Waals surface area contributed by atoms with Crippen LogP contribution in [-0.4, -0.2) is 10.9 Å². The Hall–Kier alpha value is -1.42. The number of hydrogen-bond acceptors (Lipinski definition) is 2. The van der Waals surface area contributed by atoms with E-state index >= 15 is 0 Å². The first kappa shape index (κ1) is 15.6. The summed E-state index contributed by atoms with van der Waals surface area (Å²) in [6.45, 7) is 7.70. The van der Waals surface area contributed by atoms with Crippen molar-refractivity contribution in [2.75, 3.05) is 0 Å². The minimum atomic E-state index is -0.785. The standard InChI is InChI=1S/C15H22N2OS/c1-5-15(4,13(16)19)14(18)17-11(3)12-9-7-6-8-10(12)2/h6-9,11H,5H2,1-4H3,(H2,16,19)(H,17,18). The minimum absolute atomic E-state index is 0.0612. The van der Waals surface area contributed by atoms with Crippen molar-refractivity contribution in [3.8, 4) is 0 Å². The highest BCUT2D eigenvalue weighted by Gasteiger charge is 2.35. The van der Waals surface area contributed by atoms with Crippen molar-refractivity contribution >= 4 is 23.1 Å². The Morgan fingerprint density at radius 2 is 2.05 bits per heavy atom. The molecule has 0 fully saturated rings. The van der Waals surface area contributed by atoms with Crippen molar-refractivity contribution < 1.29 is 4.79 Å². The largest absolute Gasteiger partial charge is 0.392 e. The number of rotatable bonds is 5. The van der Waals surface area contributed by atoms with Crippen LogP contribution in [0.25, 0.3) is 0 Å². The lowest BCUT2D eigenvalue weighted by molar-refractivity contribution is -0.127. The number of aryl methyl sites for hydroxylation is 1. The Kier molecular flexibility index (Phi) is 5.06. The molecule has 3 nitrogen and oxygen atoms in total. The summed E-state index contributed by atoms with van der Waals surface area (Å²) in [5.41, 5.74) is 7.18. The van der Waals surface area contributed by atoms with Gasteiger partial charge in [0.1, 0.15) is 0 Å². The third-order valence-corrected chi connectivity index (χ3v) is 4.21. The first-order chi connectivity index (χ1) is 8.82. The normalized spacial score (nSPS) is 15.4. The van der Waals surface area contributed by atoms with Gasteiger partial charge in [-0.3, -0.25) is 4.79 Å². The van der Waals surface area contributed by atoms with E-state index in [1.165, 1.54) is 0 Å². The molecular weight excluding hydrogens is 256 g/mol. The Morgan fingerprint density at radius 3 is 2.53 bits per heavy atom. The molecule has 0 saturated carbocycles. The molecule has 0 heterocycles. The number of amides is 1. The van der Waals surface area contributed by atoms with E-state index in [0.29, 0.717) is 6.42 Å². The quantitative estimate of drug-likeness (QED) is 0.814. The van der Waals surface area contributed by atoms with Crippen LogP contribution in [0.5, 0.6) is 0 Å². The van der Waals surface area contributed by atoms with E-state index < -0.39 is 5.41 Å². The highest BCUT2D eigenvalue weighted by molar-refractivity contribution is 7.80. The van der Waals surface area contributed by atoms with E-state index in [1.807, 2.05) is 45.0 Å². The van der Waals surface area contributed by atoms with Crippen molar-refractivity contribution in [2.45, 2.75) is 40.2 Å². The van der Waals surface area contributed by atoms with E-state index in [2.05, 4.69) is 5.32 Å². The molecule has 3 N–H and O–H groups in total. The van der Waals surface area contributed by atoms with Crippen molar-refractivity contribution in [1.29, 1.82) is 0 Å². The third kappa shape index (κ3) is 3.32. The first-order valence-corrected chi connectivity index (χ1v) is 6.90. The maximum absolute atomic E-state index is 12.4. The van der Waals surface area contributed by atoms with Crippen LogP contribution in [0.15, 0.2) is 24.3 Å². The summed E-state index contributed by atoms with van der Waals surface area (Å²) in [5, 5.41) is 3.00. The first-order valence-electron chi connectivity index (χ1n) is 6.49. The molecule has 0 saturated heterocycles. The molecule has 2 unspecified atom stereocenters. The van der Waals surface area contributed by atoms with Crippen LogP contribution in [0.2, 0.25) is 0 Å². The molecule has 104 valence electrons. The van der Waals surface area contributed by atoms with Crippen LogP contribution in [-0.2, 0) is 4.79 Å². The summed E-state index contributed by atoms with van der Waals surface area (Å²) in [7, 11) is 0. The van der Waals surface area contributed by atoms with Gasteiger partial charge in [-0.05, 0) is 38.3 Å². The molecule has 1 aromatic carbocycles. The van der Waals surface area contributed by atoms with Crippen LogP contribution in [0.1, 0.15) is 44.4 Å². The summed E-state index contributed by atoms with van der Waals surface area (Å²) in [5.74, 6) is -0.113. The van der Waals surface area contributed by atoms with Gasteiger partial charge >= 0.3 is 0 Å². The topological polar surface area (TPSA) is 55.1 Å². The molecule has 0 aliphatic heterocycles. The average Bonchev–Trinajstić information content (AvgIpc) is 2.37. The zero-order valence-corrected chi connectivity index (χ0v) is 12.8. The van der Waals surface area contributed by atoms with E-state index in [1.54, 1.807) is 6.92 Å². The molecule has 0 aromatic heterocycles. The van der Waals surface area contributed by atoms with Gasteiger partial charge in [-0.25, -0.2) is 0 Å². The zero-order chi connectivity index (χ0) is 14.6. The number of carbonyl (C=O) groups is 1. The van der Waals surface area contributed by atoms with Gasteiger partial charge in [0.2, 0.25) is 5.91 Å². The fraction of sp³-hybridized carbons (Fsp3) is 0.467. The van der Waals surface area contributed by atoms with Crippen LogP contribution in [0.4, 0.5) is 0 Å². The van der Waals surface area contributed by atoms with Crippen LogP contribution >= 0.6 is 12.2 Å². The third-order valence-electron chi connectivity index (χ3n) is 3.75. The number of nitrogens with one attached hydrogen (secondary N) is 1. The van der Waals surface area contributed by atoms with Gasteiger partial charge in [-0.2, -0.15) is 0 Å². The second-order valence-electron chi connectivity index (χ2n) is 5.10. The molecule has 0 aliphatic rings. The SMILES string of the molecule is CCC(C)(C(=O)NC(C)c1ccccc1C)C(N)=S. The summed E-state index contributed by atoms with van der Waals surface area (Å²) >= 11 is 5.02. The van der Waals surface area contributed by atoms with Gasteiger partial charge < -0.3 is 11.1 Å². The number of hydrogen-bond donors (Lipinski definition) is 2. The smallest absolute Gasteiger partial charge is 0.233 e. The van der Waals surface area contributed by atoms with Gasteiger partial charge in [-0.15, -0.1) is 0 Å². The molecule has 19 heavy (non-hydrogen) atoms. The molecule has 0 radical (unpaired) electrons. The van der Waals surface area contributed by atoms with E-state index in [4.69, 9.17) is 18.0 Å². The number of nitrogens with two attached hydrogens (primary N) is 1. The summed E-state index contributed by atoms with van der Waals surface area (Å²) < 4.78 is 0. The predicted molar refractivity (Wildman–Crippen MR) is 82.9 cm³/mol. The van der Waals surface area contributed by atoms with Crippen molar-refractivity contribution in [3.05, 3.63) is 35.4 Å². The van der Waals surface area contributed by atoms with E-state index in [9.17, 15) is 4.79 Å². The van der Waals surface area contributed by atoms with Crippen LogP contribution in [0.3, 0.4) is 0 Å².